The van der Waals surface area contributed by atoms with Crippen molar-refractivity contribution in [3.8, 4) is 0 Å². The molecular weight excluding hydrogens is 594 g/mol. The largest absolute Gasteiger partial charge is 0.354 e. The van der Waals surface area contributed by atoms with Gasteiger partial charge in [0.1, 0.15) is 12.6 Å². The Morgan fingerprint density at radius 3 is 2.09 bits per heavy atom. The first-order chi connectivity index (χ1) is 21.2. The van der Waals surface area contributed by atoms with Gasteiger partial charge in [-0.3, -0.25) is 13.9 Å². The minimum atomic E-state index is -4.14. The molecular formula is C35H38ClN3O4S. The summed E-state index contributed by atoms with van der Waals surface area (Å²) in [5.74, 6) is -0.841. The van der Waals surface area contributed by atoms with E-state index < -0.39 is 28.5 Å². The molecule has 4 aromatic carbocycles. The van der Waals surface area contributed by atoms with Crippen LogP contribution in [0.25, 0.3) is 0 Å². The van der Waals surface area contributed by atoms with Crippen LogP contribution in [0.4, 0.5) is 5.69 Å². The van der Waals surface area contributed by atoms with Gasteiger partial charge in [0, 0.05) is 24.5 Å². The van der Waals surface area contributed by atoms with E-state index in [1.165, 1.54) is 17.0 Å². The fourth-order valence-electron chi connectivity index (χ4n) is 4.83. The fourth-order valence-corrected chi connectivity index (χ4v) is 6.46. The minimum absolute atomic E-state index is 0.0182. The highest BCUT2D eigenvalue weighted by molar-refractivity contribution is 7.92. The van der Waals surface area contributed by atoms with Crippen molar-refractivity contribution < 1.29 is 18.0 Å². The average Bonchev–Trinajstić information content (AvgIpc) is 3.03. The van der Waals surface area contributed by atoms with Crippen LogP contribution >= 0.6 is 11.6 Å². The first kappa shape index (κ1) is 32.8. The summed E-state index contributed by atoms with van der Waals surface area (Å²) in [7, 11) is -4.14. The van der Waals surface area contributed by atoms with E-state index in [0.29, 0.717) is 22.8 Å². The maximum absolute atomic E-state index is 14.5. The Labute approximate surface area is 265 Å². The highest BCUT2D eigenvalue weighted by atomic mass is 35.5. The number of carbonyl (C=O) groups is 2. The van der Waals surface area contributed by atoms with Crippen molar-refractivity contribution in [3.05, 3.63) is 131 Å². The summed E-state index contributed by atoms with van der Waals surface area (Å²) in [6.07, 6.45) is 1.93. The number of sulfonamides is 1. The van der Waals surface area contributed by atoms with Gasteiger partial charge < -0.3 is 10.2 Å². The van der Waals surface area contributed by atoms with Crippen molar-refractivity contribution in [1.82, 2.24) is 10.2 Å². The van der Waals surface area contributed by atoms with E-state index in [4.69, 9.17) is 11.6 Å². The number of unbranched alkanes of at least 4 members (excludes halogenated alkanes) is 1. The second-order valence-corrected chi connectivity index (χ2v) is 12.9. The summed E-state index contributed by atoms with van der Waals surface area (Å²) in [6, 6.07) is 30.7. The van der Waals surface area contributed by atoms with E-state index in [2.05, 4.69) is 5.32 Å². The molecule has 0 fully saturated rings. The van der Waals surface area contributed by atoms with Crippen LogP contribution < -0.4 is 9.62 Å². The van der Waals surface area contributed by atoms with Crippen LogP contribution in [0.3, 0.4) is 0 Å². The third-order valence-corrected chi connectivity index (χ3v) is 9.49. The Balaban J connectivity index is 1.78. The van der Waals surface area contributed by atoms with Crippen molar-refractivity contribution in [2.24, 2.45) is 0 Å². The molecule has 0 bridgehead atoms. The van der Waals surface area contributed by atoms with Crippen molar-refractivity contribution in [2.45, 2.75) is 50.6 Å². The van der Waals surface area contributed by atoms with E-state index in [1.54, 1.807) is 60.7 Å². The molecule has 230 valence electrons. The molecule has 0 aliphatic carbocycles. The highest BCUT2D eigenvalue weighted by Gasteiger charge is 2.34. The van der Waals surface area contributed by atoms with Crippen LogP contribution in [-0.4, -0.2) is 44.3 Å². The zero-order valence-corrected chi connectivity index (χ0v) is 26.6. The number of aryl methyl sites for hydroxylation is 1. The Bertz CT molecular complexity index is 1630. The molecule has 0 aromatic heterocycles. The molecule has 2 amide bonds. The lowest BCUT2D eigenvalue weighted by Crippen LogP contribution is -2.53. The van der Waals surface area contributed by atoms with Gasteiger partial charge in [-0.2, -0.15) is 0 Å². The number of anilines is 1. The average molecular weight is 632 g/mol. The predicted octanol–water partition coefficient (Wildman–Crippen LogP) is 6.40. The first-order valence-corrected chi connectivity index (χ1v) is 16.5. The Morgan fingerprint density at radius 2 is 1.45 bits per heavy atom. The standard InChI is InChI=1S/C35H38ClN3O4S/c1-3-4-23-37-35(41)33(24-28-13-7-5-8-14-28)38(25-29-15-11-12-18-32(29)36)34(40)26-39(30-21-19-27(2)20-22-30)44(42,43)31-16-9-6-10-17-31/h5-22,33H,3-4,23-26H2,1-2H3,(H,37,41). The molecule has 7 nitrogen and oxygen atoms in total. The monoisotopic (exact) mass is 631 g/mol. The zero-order valence-electron chi connectivity index (χ0n) is 25.0. The van der Waals surface area contributed by atoms with Gasteiger partial charge in [0.2, 0.25) is 11.8 Å². The highest BCUT2D eigenvalue weighted by Crippen LogP contribution is 2.26. The van der Waals surface area contributed by atoms with Crippen LogP contribution in [0.15, 0.2) is 114 Å². The number of carbonyl (C=O) groups excluding carboxylic acids is 2. The lowest BCUT2D eigenvalue weighted by Gasteiger charge is -2.34. The normalized spacial score (nSPS) is 11.9. The van der Waals surface area contributed by atoms with Gasteiger partial charge in [-0.1, -0.05) is 109 Å². The van der Waals surface area contributed by atoms with E-state index in [9.17, 15) is 18.0 Å². The molecule has 1 N–H and O–H groups in total. The molecule has 44 heavy (non-hydrogen) atoms. The fraction of sp³-hybridized carbons (Fsp3) is 0.257. The molecule has 1 atom stereocenters. The molecule has 1 unspecified atom stereocenters. The summed E-state index contributed by atoms with van der Waals surface area (Å²) >= 11 is 6.54. The number of amides is 2. The maximum Gasteiger partial charge on any atom is 0.264 e. The number of nitrogens with zero attached hydrogens (tertiary/aromatic N) is 2. The smallest absolute Gasteiger partial charge is 0.264 e. The van der Waals surface area contributed by atoms with E-state index in [-0.39, 0.29) is 23.8 Å². The van der Waals surface area contributed by atoms with E-state index in [1.807, 2.05) is 50.2 Å². The van der Waals surface area contributed by atoms with Crippen molar-refractivity contribution in [2.75, 3.05) is 17.4 Å². The quantitative estimate of drug-likeness (QED) is 0.163. The number of nitrogens with one attached hydrogen (secondary N) is 1. The SMILES string of the molecule is CCCCNC(=O)C(Cc1ccccc1)N(Cc1ccccc1Cl)C(=O)CN(c1ccc(C)cc1)S(=O)(=O)c1ccccc1. The second kappa shape index (κ2) is 15.5. The number of halogens is 1. The number of hydrogen-bond acceptors (Lipinski definition) is 4. The second-order valence-electron chi connectivity index (χ2n) is 10.6. The van der Waals surface area contributed by atoms with E-state index in [0.717, 1.165) is 28.3 Å². The lowest BCUT2D eigenvalue weighted by molar-refractivity contribution is -0.140. The molecule has 0 aliphatic heterocycles. The van der Waals surface area contributed by atoms with Crippen molar-refractivity contribution >= 4 is 39.1 Å². The van der Waals surface area contributed by atoms with Gasteiger partial charge in [-0.25, -0.2) is 8.42 Å². The van der Waals surface area contributed by atoms with Crippen molar-refractivity contribution in [3.63, 3.8) is 0 Å². The summed E-state index contributed by atoms with van der Waals surface area (Å²) in [4.78, 5) is 29.8. The Hall–Kier alpha value is -4.14. The van der Waals surface area contributed by atoms with Gasteiger partial charge in [0.05, 0.1) is 10.6 Å². The van der Waals surface area contributed by atoms with Crippen LogP contribution in [0.1, 0.15) is 36.5 Å². The predicted molar refractivity (Wildman–Crippen MR) is 176 cm³/mol. The van der Waals surface area contributed by atoms with Gasteiger partial charge in [0.25, 0.3) is 10.0 Å². The van der Waals surface area contributed by atoms with Crippen molar-refractivity contribution in [1.29, 1.82) is 0 Å². The summed E-state index contributed by atoms with van der Waals surface area (Å²) in [5, 5.41) is 3.44. The van der Waals surface area contributed by atoms with Gasteiger partial charge in [0.15, 0.2) is 0 Å². The molecule has 4 rings (SSSR count). The lowest BCUT2D eigenvalue weighted by atomic mass is 10.0. The summed E-state index contributed by atoms with van der Waals surface area (Å²) < 4.78 is 29.1. The number of benzene rings is 4. The summed E-state index contributed by atoms with van der Waals surface area (Å²) in [5.41, 5.74) is 2.81. The molecule has 4 aromatic rings. The van der Waals surface area contributed by atoms with Crippen LogP contribution in [0.5, 0.6) is 0 Å². The third kappa shape index (κ3) is 8.49. The van der Waals surface area contributed by atoms with Gasteiger partial charge >= 0.3 is 0 Å². The van der Waals surface area contributed by atoms with Crippen LogP contribution in [0.2, 0.25) is 5.02 Å². The number of rotatable bonds is 14. The minimum Gasteiger partial charge on any atom is -0.354 e. The molecule has 0 aliphatic rings. The maximum atomic E-state index is 14.5. The molecule has 0 spiro atoms. The Morgan fingerprint density at radius 1 is 0.841 bits per heavy atom. The number of hydrogen-bond donors (Lipinski definition) is 1. The summed E-state index contributed by atoms with van der Waals surface area (Å²) in [6.45, 7) is 3.91. The third-order valence-electron chi connectivity index (χ3n) is 7.33. The van der Waals surface area contributed by atoms with Crippen LogP contribution in [-0.2, 0) is 32.6 Å². The van der Waals surface area contributed by atoms with Crippen LogP contribution in [0, 0.1) is 6.92 Å². The van der Waals surface area contributed by atoms with Gasteiger partial charge in [-0.15, -0.1) is 0 Å². The molecule has 0 radical (unpaired) electrons. The zero-order chi connectivity index (χ0) is 31.5. The molecule has 0 saturated carbocycles. The molecule has 9 heteroatoms. The Kier molecular flexibility index (Phi) is 11.6. The van der Waals surface area contributed by atoms with E-state index >= 15 is 0 Å². The molecule has 0 saturated heterocycles. The first-order valence-electron chi connectivity index (χ1n) is 14.7. The van der Waals surface area contributed by atoms with Gasteiger partial charge in [-0.05, 0) is 54.8 Å². The topological polar surface area (TPSA) is 86.8 Å². The molecule has 0 heterocycles.